The second-order valence-electron chi connectivity index (χ2n) is 4.74. The summed E-state index contributed by atoms with van der Waals surface area (Å²) in [5.41, 5.74) is 4.19. The molecule has 0 spiro atoms. The quantitative estimate of drug-likeness (QED) is 0.380. The molecule has 22 heavy (non-hydrogen) atoms. The Bertz CT molecular complexity index is 597. The van der Waals surface area contributed by atoms with Crippen molar-refractivity contribution in [3.8, 4) is 0 Å². The maximum absolute atomic E-state index is 9.75. The fraction of sp³-hybridized carbons (Fsp3) is 0.200. The lowest BCUT2D eigenvalue weighted by Gasteiger charge is -2.00. The topological polar surface area (TPSA) is 0 Å². The summed E-state index contributed by atoms with van der Waals surface area (Å²) < 4.78 is 42.0. The van der Waals surface area contributed by atoms with E-state index in [1.54, 1.807) is 0 Å². The maximum atomic E-state index is 9.75. The molecule has 0 bridgehead atoms. The van der Waals surface area contributed by atoms with Gasteiger partial charge in [0.25, 0.3) is 0 Å². The van der Waals surface area contributed by atoms with Crippen LogP contribution in [-0.2, 0) is 0 Å². The second kappa shape index (κ2) is 8.20. The molecule has 0 radical (unpaired) electrons. The number of hydrogen-bond donors (Lipinski definition) is 0. The van der Waals surface area contributed by atoms with E-state index in [4.69, 9.17) is 11.6 Å². The summed E-state index contributed by atoms with van der Waals surface area (Å²) in [7, 11) is -6.00. The van der Waals surface area contributed by atoms with Gasteiger partial charge in [-0.15, -0.1) is 0 Å². The minimum atomic E-state index is -6.00. The highest BCUT2D eigenvalue weighted by molar-refractivity contribution is 6.50. The molecule has 0 amide bonds. The summed E-state index contributed by atoms with van der Waals surface area (Å²) >= 11 is 5.81. The monoisotopic (exact) mass is 444 g/mol. The summed E-state index contributed by atoms with van der Waals surface area (Å²) in [6, 6.07) is 12.8. The van der Waals surface area contributed by atoms with Crippen molar-refractivity contribution < 1.29 is 38.5 Å². The third-order valence-electron chi connectivity index (χ3n) is 2.59. The van der Waals surface area contributed by atoms with Gasteiger partial charge < -0.3 is 17.3 Å². The van der Waals surface area contributed by atoms with Crippen LogP contribution in [-0.4, -0.2) is 7.25 Å². The average molecular weight is 444 g/mol. The molecular weight excluding hydrogens is 429 g/mol. The first-order chi connectivity index (χ1) is 10.1. The van der Waals surface area contributed by atoms with E-state index < -0.39 is 7.25 Å². The van der Waals surface area contributed by atoms with Gasteiger partial charge in [-0.1, -0.05) is 29.3 Å². The van der Waals surface area contributed by atoms with Crippen LogP contribution in [0, 0.1) is 27.9 Å². The first-order valence-electron chi connectivity index (χ1n) is 6.42. The summed E-state index contributed by atoms with van der Waals surface area (Å²) in [4.78, 5) is 0. The molecular formula is C15H15BClF4I. The van der Waals surface area contributed by atoms with E-state index in [-0.39, 0.29) is 21.2 Å². The molecule has 2 aromatic rings. The van der Waals surface area contributed by atoms with Crippen LogP contribution in [0.3, 0.4) is 0 Å². The van der Waals surface area contributed by atoms with E-state index in [0.29, 0.717) is 0 Å². The van der Waals surface area contributed by atoms with E-state index in [0.717, 1.165) is 5.02 Å². The molecule has 0 aromatic heterocycles. The SMILES string of the molecule is Cc1cc(C)c([I+]c2ccc(Cl)cc2)c(C)c1.F[B-](F)(F)F. The molecule has 0 aliphatic rings. The molecule has 0 heterocycles. The Morgan fingerprint density at radius 2 is 1.27 bits per heavy atom. The van der Waals surface area contributed by atoms with Crippen LogP contribution in [0.2, 0.25) is 5.02 Å². The van der Waals surface area contributed by atoms with E-state index in [9.17, 15) is 17.3 Å². The molecule has 2 aromatic carbocycles. The lowest BCUT2D eigenvalue weighted by atomic mass is 10.1. The average Bonchev–Trinajstić information content (AvgIpc) is 2.34. The van der Waals surface area contributed by atoms with Crippen LogP contribution >= 0.6 is 11.6 Å². The Hall–Kier alpha value is -0.755. The van der Waals surface area contributed by atoms with Crippen molar-refractivity contribution >= 4 is 18.9 Å². The maximum Gasteiger partial charge on any atom is 0.673 e. The zero-order valence-electron chi connectivity index (χ0n) is 12.3. The van der Waals surface area contributed by atoms with Gasteiger partial charge in [-0.3, -0.25) is 0 Å². The molecule has 7 heteroatoms. The molecule has 0 aliphatic carbocycles. The van der Waals surface area contributed by atoms with E-state index in [2.05, 4.69) is 45.0 Å². The van der Waals surface area contributed by atoms with Gasteiger partial charge in [-0.25, -0.2) is 0 Å². The Kier molecular flexibility index (Phi) is 7.19. The third kappa shape index (κ3) is 7.49. The largest absolute Gasteiger partial charge is 0.673 e. The lowest BCUT2D eigenvalue weighted by molar-refractivity contribution is -0.598. The third-order valence-corrected chi connectivity index (χ3v) is 6.42. The summed E-state index contributed by atoms with van der Waals surface area (Å²) in [6.45, 7) is 6.58. The highest BCUT2D eigenvalue weighted by Crippen LogP contribution is 2.08. The smallest absolute Gasteiger partial charge is 0.418 e. The van der Waals surface area contributed by atoms with Crippen molar-refractivity contribution in [2.75, 3.05) is 0 Å². The first-order valence-corrected chi connectivity index (χ1v) is 8.95. The highest BCUT2D eigenvalue weighted by atomic mass is 127. The van der Waals surface area contributed by atoms with Crippen LogP contribution in [0.25, 0.3) is 0 Å². The number of aryl methyl sites for hydroxylation is 3. The van der Waals surface area contributed by atoms with Gasteiger partial charge in [-0.05, 0) is 45.0 Å². The molecule has 0 nitrogen and oxygen atoms in total. The predicted molar refractivity (Wildman–Crippen MR) is 79.7 cm³/mol. The summed E-state index contributed by atoms with van der Waals surface area (Å²) in [6.07, 6.45) is 0. The Balaban J connectivity index is 0.000000422. The lowest BCUT2D eigenvalue weighted by Crippen LogP contribution is -3.62. The molecule has 0 fully saturated rings. The van der Waals surface area contributed by atoms with Crippen molar-refractivity contribution in [3.05, 3.63) is 65.3 Å². The molecule has 0 aliphatic heterocycles. The van der Waals surface area contributed by atoms with Gasteiger partial charge in [0.15, 0.2) is 7.14 Å². The number of benzene rings is 2. The number of hydrogen-bond acceptors (Lipinski definition) is 0. The van der Waals surface area contributed by atoms with Crippen molar-refractivity contribution in [3.63, 3.8) is 0 Å². The minimum Gasteiger partial charge on any atom is -0.418 e. The molecule has 2 rings (SSSR count). The van der Waals surface area contributed by atoms with Gasteiger partial charge >= 0.3 is 28.5 Å². The van der Waals surface area contributed by atoms with Crippen LogP contribution in [0.4, 0.5) is 17.3 Å². The molecule has 0 saturated carbocycles. The van der Waals surface area contributed by atoms with Crippen LogP contribution in [0.5, 0.6) is 0 Å². The fourth-order valence-corrected chi connectivity index (χ4v) is 4.54. The Morgan fingerprint density at radius 3 is 1.68 bits per heavy atom. The first kappa shape index (κ1) is 19.3. The van der Waals surface area contributed by atoms with Gasteiger partial charge in [0, 0.05) is 16.1 Å². The van der Waals surface area contributed by atoms with E-state index in [1.807, 2.05) is 12.1 Å². The molecule has 0 unspecified atom stereocenters. The van der Waals surface area contributed by atoms with E-state index >= 15 is 0 Å². The summed E-state index contributed by atoms with van der Waals surface area (Å²) in [5, 5.41) is 0.815. The summed E-state index contributed by atoms with van der Waals surface area (Å²) in [5.74, 6) is 0. The Labute approximate surface area is 143 Å². The second-order valence-corrected chi connectivity index (χ2v) is 8.04. The standard InChI is InChI=1S/C15H15ClI.BF4/c1-10-8-11(2)15(12(3)9-10)17-14-6-4-13(16)5-7-14;2-1(3,4)5/h4-9H,1-3H3;/q+1;-1. The highest BCUT2D eigenvalue weighted by Gasteiger charge is 2.21. The molecule has 0 saturated heterocycles. The molecule has 0 N–H and O–H groups in total. The normalized spacial score (nSPS) is 10.9. The van der Waals surface area contributed by atoms with Crippen LogP contribution in [0.15, 0.2) is 36.4 Å². The molecule has 0 atom stereocenters. The van der Waals surface area contributed by atoms with Gasteiger partial charge in [-0.2, -0.15) is 0 Å². The number of halogens is 6. The number of rotatable bonds is 2. The predicted octanol–water partition coefficient (Wildman–Crippen LogP) is 2.69. The minimum absolute atomic E-state index is 0.0989. The van der Waals surface area contributed by atoms with E-state index in [1.165, 1.54) is 23.8 Å². The zero-order valence-corrected chi connectivity index (χ0v) is 15.2. The fourth-order valence-electron chi connectivity index (χ4n) is 1.91. The van der Waals surface area contributed by atoms with Gasteiger partial charge in [0.2, 0.25) is 0 Å². The van der Waals surface area contributed by atoms with Crippen LogP contribution < -0.4 is 21.2 Å². The van der Waals surface area contributed by atoms with Crippen molar-refractivity contribution in [2.45, 2.75) is 20.8 Å². The zero-order chi connectivity index (χ0) is 16.9. The van der Waals surface area contributed by atoms with Crippen molar-refractivity contribution in [1.82, 2.24) is 0 Å². The molecule has 120 valence electrons. The van der Waals surface area contributed by atoms with Crippen molar-refractivity contribution in [1.29, 1.82) is 0 Å². The van der Waals surface area contributed by atoms with Crippen molar-refractivity contribution in [2.24, 2.45) is 0 Å². The van der Waals surface area contributed by atoms with Crippen LogP contribution in [0.1, 0.15) is 16.7 Å². The van der Waals surface area contributed by atoms with Gasteiger partial charge in [0.1, 0.15) is 0 Å². The Morgan fingerprint density at radius 1 is 0.864 bits per heavy atom. The van der Waals surface area contributed by atoms with Gasteiger partial charge in [0.05, 0.1) is 0 Å².